The number of hydrogen-bond acceptors (Lipinski definition) is 2. The lowest BCUT2D eigenvalue weighted by atomic mass is 10.1. The van der Waals surface area contributed by atoms with Crippen LogP contribution in [0.25, 0.3) is 10.9 Å². The summed E-state index contributed by atoms with van der Waals surface area (Å²) in [6, 6.07) is 10.5. The van der Waals surface area contributed by atoms with Crippen LogP contribution in [-0.4, -0.2) is 22.0 Å². The van der Waals surface area contributed by atoms with Gasteiger partial charge in [-0.05, 0) is 23.8 Å². The Labute approximate surface area is 161 Å². The topological polar surface area (TPSA) is 51.5 Å². The molecule has 3 aromatic rings. The van der Waals surface area contributed by atoms with E-state index >= 15 is 0 Å². The minimum Gasteiger partial charge on any atom is -0.481 e. The molecule has 2 aromatic carbocycles. The summed E-state index contributed by atoms with van der Waals surface area (Å²) in [4.78, 5) is 11.2. The zero-order chi connectivity index (χ0) is 19.8. The molecule has 0 radical (unpaired) electrons. The highest BCUT2D eigenvalue weighted by molar-refractivity contribution is 6.37. The molecule has 1 heterocycles. The molecule has 142 valence electrons. The molecule has 0 unspecified atom stereocenters. The fourth-order valence-electron chi connectivity index (χ4n) is 2.90. The average molecular weight is 418 g/mol. The maximum atomic E-state index is 12.4. The number of carboxylic acid groups (broad SMARTS) is 1. The largest absolute Gasteiger partial charge is 0.573 e. The Balaban J connectivity index is 2.06. The lowest BCUT2D eigenvalue weighted by molar-refractivity contribution is -0.274. The highest BCUT2D eigenvalue weighted by Crippen LogP contribution is 2.35. The van der Waals surface area contributed by atoms with Crippen LogP contribution in [0.2, 0.25) is 10.2 Å². The predicted octanol–water partition coefficient (Wildman–Crippen LogP) is 5.52. The first-order chi connectivity index (χ1) is 12.7. The third-order valence-electron chi connectivity index (χ3n) is 3.87. The molecule has 0 amide bonds. The first-order valence-electron chi connectivity index (χ1n) is 7.67. The lowest BCUT2D eigenvalue weighted by Crippen LogP contribution is -2.17. The second-order valence-electron chi connectivity index (χ2n) is 5.76. The van der Waals surface area contributed by atoms with Crippen molar-refractivity contribution in [1.82, 2.24) is 4.57 Å². The van der Waals surface area contributed by atoms with Crippen molar-refractivity contribution in [3.8, 4) is 5.75 Å². The van der Waals surface area contributed by atoms with Crippen molar-refractivity contribution in [2.75, 3.05) is 0 Å². The van der Waals surface area contributed by atoms with Gasteiger partial charge in [0, 0.05) is 17.5 Å². The lowest BCUT2D eigenvalue weighted by Gasteiger charge is -2.12. The normalized spacial score (nSPS) is 11.7. The highest BCUT2D eigenvalue weighted by atomic mass is 35.5. The van der Waals surface area contributed by atoms with Crippen LogP contribution in [0.5, 0.6) is 5.75 Å². The number of carboxylic acids is 1. The average Bonchev–Trinajstić information content (AvgIpc) is 2.80. The molecule has 1 aromatic heterocycles. The van der Waals surface area contributed by atoms with Gasteiger partial charge in [0.2, 0.25) is 0 Å². The van der Waals surface area contributed by atoms with Gasteiger partial charge in [-0.2, -0.15) is 0 Å². The molecule has 27 heavy (non-hydrogen) atoms. The zero-order valence-corrected chi connectivity index (χ0v) is 15.1. The predicted molar refractivity (Wildman–Crippen MR) is 95.5 cm³/mol. The SMILES string of the molecule is O=C(O)Cc1c(Cl)n(Cc2cccc(OC(F)(F)F)c2)c2c(Cl)cccc12. The summed E-state index contributed by atoms with van der Waals surface area (Å²) >= 11 is 12.7. The number of aliphatic carboxylic acids is 1. The number of carbonyl (C=O) groups is 1. The van der Waals surface area contributed by atoms with Gasteiger partial charge >= 0.3 is 12.3 Å². The van der Waals surface area contributed by atoms with Gasteiger partial charge in [0.1, 0.15) is 10.9 Å². The van der Waals surface area contributed by atoms with Crippen LogP contribution in [0.3, 0.4) is 0 Å². The van der Waals surface area contributed by atoms with Crippen molar-refractivity contribution in [1.29, 1.82) is 0 Å². The summed E-state index contributed by atoms with van der Waals surface area (Å²) in [7, 11) is 0. The van der Waals surface area contributed by atoms with Crippen LogP contribution >= 0.6 is 23.2 Å². The van der Waals surface area contributed by atoms with E-state index in [1.54, 1.807) is 28.8 Å². The molecule has 9 heteroatoms. The molecule has 0 bridgehead atoms. The molecule has 0 atom stereocenters. The Morgan fingerprint density at radius 1 is 1.15 bits per heavy atom. The van der Waals surface area contributed by atoms with Gasteiger partial charge in [-0.1, -0.05) is 47.5 Å². The quantitative estimate of drug-likeness (QED) is 0.594. The Morgan fingerprint density at radius 2 is 1.85 bits per heavy atom. The molecular formula is C18H12Cl2F3NO3. The van der Waals surface area contributed by atoms with E-state index in [2.05, 4.69) is 4.74 Å². The molecular weight excluding hydrogens is 406 g/mol. The number of benzene rings is 2. The van der Waals surface area contributed by atoms with E-state index in [-0.39, 0.29) is 23.9 Å². The van der Waals surface area contributed by atoms with Crippen molar-refractivity contribution in [3.05, 3.63) is 63.8 Å². The third kappa shape index (κ3) is 4.31. The highest BCUT2D eigenvalue weighted by Gasteiger charge is 2.31. The molecule has 0 spiro atoms. The summed E-state index contributed by atoms with van der Waals surface area (Å²) in [6.45, 7) is 0.0910. The molecule has 0 aliphatic carbocycles. The van der Waals surface area contributed by atoms with Crippen LogP contribution in [0.1, 0.15) is 11.1 Å². The van der Waals surface area contributed by atoms with Crippen molar-refractivity contribution >= 4 is 40.1 Å². The second kappa shape index (κ2) is 7.32. The molecule has 0 saturated carbocycles. The van der Waals surface area contributed by atoms with Crippen LogP contribution in [0.4, 0.5) is 13.2 Å². The number of hydrogen-bond donors (Lipinski definition) is 1. The molecule has 0 aliphatic heterocycles. The van der Waals surface area contributed by atoms with Crippen LogP contribution in [0, 0.1) is 0 Å². The monoisotopic (exact) mass is 417 g/mol. The standard InChI is InChI=1S/C18H12Cl2F3NO3/c19-14-6-2-5-12-13(8-15(25)26)17(20)24(16(12)14)9-10-3-1-4-11(7-10)27-18(21,22)23/h1-7H,8-9H2,(H,25,26). The van der Waals surface area contributed by atoms with Crippen molar-refractivity contribution in [2.45, 2.75) is 19.3 Å². The third-order valence-corrected chi connectivity index (χ3v) is 4.61. The molecule has 1 N–H and O–H groups in total. The Hall–Kier alpha value is -2.38. The van der Waals surface area contributed by atoms with Gasteiger partial charge in [0.05, 0.1) is 17.0 Å². The number of ether oxygens (including phenoxy) is 1. The number of nitrogens with zero attached hydrogens (tertiary/aromatic N) is 1. The second-order valence-corrected chi connectivity index (χ2v) is 6.52. The van der Waals surface area contributed by atoms with E-state index in [0.29, 0.717) is 27.1 Å². The number of alkyl halides is 3. The maximum absolute atomic E-state index is 12.4. The fraction of sp³-hybridized carbons (Fsp3) is 0.167. The number of fused-ring (bicyclic) bond motifs is 1. The Morgan fingerprint density at radius 3 is 2.52 bits per heavy atom. The van der Waals surface area contributed by atoms with E-state index in [9.17, 15) is 18.0 Å². The summed E-state index contributed by atoms with van der Waals surface area (Å²) < 4.78 is 42.8. The Kier molecular flexibility index (Phi) is 5.26. The van der Waals surface area contributed by atoms with Crippen LogP contribution in [-0.2, 0) is 17.8 Å². The van der Waals surface area contributed by atoms with Crippen molar-refractivity contribution in [3.63, 3.8) is 0 Å². The number of aromatic nitrogens is 1. The Bertz CT molecular complexity index is 1010. The van der Waals surface area contributed by atoms with Crippen molar-refractivity contribution in [2.24, 2.45) is 0 Å². The number of halogens is 5. The van der Waals surface area contributed by atoms with E-state index in [4.69, 9.17) is 28.3 Å². The van der Waals surface area contributed by atoms with Crippen molar-refractivity contribution < 1.29 is 27.8 Å². The van der Waals surface area contributed by atoms with Crippen LogP contribution in [0.15, 0.2) is 42.5 Å². The van der Waals surface area contributed by atoms with Gasteiger partial charge in [-0.15, -0.1) is 13.2 Å². The van der Waals surface area contributed by atoms with E-state index in [1.165, 1.54) is 18.2 Å². The van der Waals surface area contributed by atoms with Gasteiger partial charge < -0.3 is 14.4 Å². The van der Waals surface area contributed by atoms with E-state index < -0.39 is 12.3 Å². The summed E-state index contributed by atoms with van der Waals surface area (Å²) in [6.07, 6.45) is -5.10. The minimum absolute atomic E-state index is 0.0910. The number of para-hydroxylation sites is 1. The number of rotatable bonds is 5. The zero-order valence-electron chi connectivity index (χ0n) is 13.6. The molecule has 3 rings (SSSR count). The maximum Gasteiger partial charge on any atom is 0.573 e. The van der Waals surface area contributed by atoms with Gasteiger partial charge in [0.25, 0.3) is 0 Å². The summed E-state index contributed by atoms with van der Waals surface area (Å²) in [5.41, 5.74) is 1.39. The smallest absolute Gasteiger partial charge is 0.481 e. The van der Waals surface area contributed by atoms with Crippen LogP contribution < -0.4 is 4.74 Å². The van der Waals surface area contributed by atoms with Gasteiger partial charge in [0.15, 0.2) is 0 Å². The van der Waals surface area contributed by atoms with E-state index in [0.717, 1.165) is 0 Å². The fourth-order valence-corrected chi connectivity index (χ4v) is 3.49. The molecule has 4 nitrogen and oxygen atoms in total. The van der Waals surface area contributed by atoms with Gasteiger partial charge in [-0.25, -0.2) is 0 Å². The van der Waals surface area contributed by atoms with Gasteiger partial charge in [-0.3, -0.25) is 4.79 Å². The first kappa shape index (κ1) is 19.4. The first-order valence-corrected chi connectivity index (χ1v) is 8.43. The van der Waals surface area contributed by atoms with E-state index in [1.807, 2.05) is 0 Å². The minimum atomic E-state index is -4.80. The molecule has 0 saturated heterocycles. The molecule has 0 fully saturated rings. The molecule has 0 aliphatic rings. The summed E-state index contributed by atoms with van der Waals surface area (Å²) in [5.74, 6) is -1.42. The summed E-state index contributed by atoms with van der Waals surface area (Å²) in [5, 5.41) is 10.2.